The molecule has 4 nitrogen and oxygen atoms in total. The summed E-state index contributed by atoms with van der Waals surface area (Å²) in [6.45, 7) is 5.16. The van der Waals surface area contributed by atoms with Crippen LogP contribution in [0.2, 0.25) is 0 Å². The average molecular weight is 288 g/mol. The Morgan fingerprint density at radius 1 is 1.29 bits per heavy atom. The quantitative estimate of drug-likeness (QED) is 0.908. The van der Waals surface area contributed by atoms with Crippen molar-refractivity contribution in [1.29, 1.82) is 0 Å². The van der Waals surface area contributed by atoms with Gasteiger partial charge in [-0.1, -0.05) is 12.1 Å². The number of para-hydroxylation sites is 1. The zero-order valence-corrected chi connectivity index (χ0v) is 12.9. The third-order valence-electron chi connectivity index (χ3n) is 5.13. The molecule has 0 aliphatic carbocycles. The second kappa shape index (κ2) is 5.68. The van der Waals surface area contributed by atoms with Gasteiger partial charge in [0.2, 0.25) is 0 Å². The smallest absolute Gasteiger partial charge is 0.337 e. The third-order valence-corrected chi connectivity index (χ3v) is 5.13. The molecule has 0 radical (unpaired) electrons. The van der Waals surface area contributed by atoms with Gasteiger partial charge in [-0.05, 0) is 57.3 Å². The molecule has 1 aromatic rings. The van der Waals surface area contributed by atoms with Crippen molar-refractivity contribution >= 4 is 11.7 Å². The SMILES string of the molecule is Cc1cccc(C(=O)O)c1N1CCC2C(CCCN2C)C1. The number of likely N-dealkylation sites (tertiary alicyclic amines) is 1. The van der Waals surface area contributed by atoms with Gasteiger partial charge in [-0.25, -0.2) is 4.79 Å². The average Bonchev–Trinajstić information content (AvgIpc) is 2.46. The highest BCUT2D eigenvalue weighted by Crippen LogP contribution is 2.34. The monoisotopic (exact) mass is 288 g/mol. The number of aryl methyl sites for hydroxylation is 1. The maximum Gasteiger partial charge on any atom is 0.337 e. The molecule has 2 saturated heterocycles. The van der Waals surface area contributed by atoms with E-state index in [4.69, 9.17) is 0 Å². The van der Waals surface area contributed by atoms with Gasteiger partial charge in [0.05, 0.1) is 11.3 Å². The van der Waals surface area contributed by atoms with E-state index in [0.717, 1.165) is 30.8 Å². The van der Waals surface area contributed by atoms with Gasteiger partial charge in [-0.15, -0.1) is 0 Å². The second-order valence-electron chi connectivity index (χ2n) is 6.46. The third kappa shape index (κ3) is 2.64. The van der Waals surface area contributed by atoms with Gasteiger partial charge in [-0.2, -0.15) is 0 Å². The van der Waals surface area contributed by atoms with E-state index in [-0.39, 0.29) is 0 Å². The van der Waals surface area contributed by atoms with Crippen LogP contribution < -0.4 is 4.90 Å². The molecule has 2 unspecified atom stereocenters. The van der Waals surface area contributed by atoms with E-state index in [0.29, 0.717) is 17.5 Å². The Hall–Kier alpha value is -1.55. The topological polar surface area (TPSA) is 43.8 Å². The summed E-state index contributed by atoms with van der Waals surface area (Å²) in [4.78, 5) is 16.3. The van der Waals surface area contributed by atoms with E-state index in [1.165, 1.54) is 19.4 Å². The summed E-state index contributed by atoms with van der Waals surface area (Å²) in [5, 5.41) is 9.46. The first kappa shape index (κ1) is 14.4. The lowest BCUT2D eigenvalue weighted by molar-refractivity contribution is 0.0696. The van der Waals surface area contributed by atoms with Crippen LogP contribution in [-0.2, 0) is 0 Å². The second-order valence-corrected chi connectivity index (χ2v) is 6.46. The first-order valence-corrected chi connectivity index (χ1v) is 7.86. The lowest BCUT2D eigenvalue weighted by Crippen LogP contribution is -2.53. The van der Waals surface area contributed by atoms with Crippen LogP contribution in [-0.4, -0.2) is 48.7 Å². The Labute approximate surface area is 126 Å². The van der Waals surface area contributed by atoms with Crippen LogP contribution in [0, 0.1) is 12.8 Å². The van der Waals surface area contributed by atoms with E-state index < -0.39 is 5.97 Å². The molecule has 2 aliphatic heterocycles. The summed E-state index contributed by atoms with van der Waals surface area (Å²) < 4.78 is 0. The minimum atomic E-state index is -0.823. The van der Waals surface area contributed by atoms with Crippen LogP contribution in [0.4, 0.5) is 5.69 Å². The van der Waals surface area contributed by atoms with Gasteiger partial charge < -0.3 is 14.9 Å². The molecule has 1 aromatic carbocycles. The van der Waals surface area contributed by atoms with Gasteiger partial charge in [0.1, 0.15) is 0 Å². The standard InChI is InChI=1S/C17H24N2O2/c1-12-5-3-7-14(17(20)21)16(12)19-10-8-15-13(11-19)6-4-9-18(15)2/h3,5,7,13,15H,4,6,8-11H2,1-2H3,(H,20,21). The van der Waals surface area contributed by atoms with E-state index in [1.54, 1.807) is 6.07 Å². The van der Waals surface area contributed by atoms with Crippen molar-refractivity contribution in [2.45, 2.75) is 32.2 Å². The maximum absolute atomic E-state index is 11.5. The van der Waals surface area contributed by atoms with Crippen molar-refractivity contribution in [3.05, 3.63) is 29.3 Å². The predicted molar refractivity (Wildman–Crippen MR) is 84.1 cm³/mol. The molecule has 2 aliphatic rings. The van der Waals surface area contributed by atoms with Gasteiger partial charge in [-0.3, -0.25) is 0 Å². The van der Waals surface area contributed by atoms with Crippen LogP contribution in [0.15, 0.2) is 18.2 Å². The summed E-state index contributed by atoms with van der Waals surface area (Å²) in [5.74, 6) is -0.157. The van der Waals surface area contributed by atoms with Gasteiger partial charge in [0.25, 0.3) is 0 Å². The zero-order chi connectivity index (χ0) is 15.0. The number of fused-ring (bicyclic) bond motifs is 1. The number of carboxylic acids is 1. The molecule has 21 heavy (non-hydrogen) atoms. The zero-order valence-electron chi connectivity index (χ0n) is 12.9. The Bertz CT molecular complexity index is 544. The van der Waals surface area contributed by atoms with Crippen molar-refractivity contribution < 1.29 is 9.90 Å². The van der Waals surface area contributed by atoms with Crippen molar-refractivity contribution in [3.8, 4) is 0 Å². The minimum absolute atomic E-state index is 0.442. The molecule has 2 heterocycles. The maximum atomic E-state index is 11.5. The fraction of sp³-hybridized carbons (Fsp3) is 0.588. The van der Waals surface area contributed by atoms with E-state index in [9.17, 15) is 9.90 Å². The predicted octanol–water partition coefficient (Wildman–Crippen LogP) is 2.61. The minimum Gasteiger partial charge on any atom is -0.478 e. The first-order chi connectivity index (χ1) is 10.1. The van der Waals surface area contributed by atoms with E-state index >= 15 is 0 Å². The molecule has 2 fully saturated rings. The lowest BCUT2D eigenvalue weighted by atomic mass is 9.83. The normalized spacial score (nSPS) is 26.5. The summed E-state index contributed by atoms with van der Waals surface area (Å²) >= 11 is 0. The Kier molecular flexibility index (Phi) is 3.89. The van der Waals surface area contributed by atoms with Crippen molar-refractivity contribution in [2.24, 2.45) is 5.92 Å². The van der Waals surface area contributed by atoms with Crippen LogP contribution >= 0.6 is 0 Å². The highest BCUT2D eigenvalue weighted by molar-refractivity contribution is 5.95. The summed E-state index contributed by atoms with van der Waals surface area (Å²) in [7, 11) is 2.23. The Morgan fingerprint density at radius 3 is 2.86 bits per heavy atom. The number of carbonyl (C=O) groups is 1. The number of hydrogen-bond donors (Lipinski definition) is 1. The summed E-state index contributed by atoms with van der Waals surface area (Å²) in [6, 6.07) is 6.25. The van der Waals surface area contributed by atoms with Crippen LogP contribution in [0.5, 0.6) is 0 Å². The number of piperidine rings is 2. The number of carboxylic acid groups (broad SMARTS) is 1. The fourth-order valence-corrected chi connectivity index (χ4v) is 4.11. The Morgan fingerprint density at radius 2 is 2.10 bits per heavy atom. The van der Waals surface area contributed by atoms with Crippen molar-refractivity contribution in [1.82, 2.24) is 4.90 Å². The number of rotatable bonds is 2. The first-order valence-electron chi connectivity index (χ1n) is 7.86. The molecule has 0 spiro atoms. The number of anilines is 1. The van der Waals surface area contributed by atoms with Gasteiger partial charge in [0, 0.05) is 19.1 Å². The molecule has 114 valence electrons. The highest BCUT2D eigenvalue weighted by atomic mass is 16.4. The molecular formula is C17H24N2O2. The van der Waals surface area contributed by atoms with Crippen molar-refractivity contribution in [3.63, 3.8) is 0 Å². The van der Waals surface area contributed by atoms with Gasteiger partial charge >= 0.3 is 5.97 Å². The van der Waals surface area contributed by atoms with Crippen LogP contribution in [0.1, 0.15) is 35.2 Å². The molecule has 4 heteroatoms. The molecule has 1 N–H and O–H groups in total. The van der Waals surface area contributed by atoms with E-state index in [2.05, 4.69) is 16.8 Å². The largest absolute Gasteiger partial charge is 0.478 e. The van der Waals surface area contributed by atoms with Gasteiger partial charge in [0.15, 0.2) is 0 Å². The number of aromatic carboxylic acids is 1. The number of hydrogen-bond acceptors (Lipinski definition) is 3. The van der Waals surface area contributed by atoms with Crippen LogP contribution in [0.25, 0.3) is 0 Å². The molecule has 0 saturated carbocycles. The summed E-state index contributed by atoms with van der Waals surface area (Å²) in [6.07, 6.45) is 3.65. The Balaban J connectivity index is 1.87. The lowest BCUT2D eigenvalue weighted by Gasteiger charge is -2.47. The molecule has 0 bridgehead atoms. The van der Waals surface area contributed by atoms with Crippen LogP contribution in [0.3, 0.4) is 0 Å². The molecular weight excluding hydrogens is 264 g/mol. The number of nitrogens with zero attached hydrogens (tertiary/aromatic N) is 2. The fourth-order valence-electron chi connectivity index (χ4n) is 4.11. The molecule has 2 atom stereocenters. The highest BCUT2D eigenvalue weighted by Gasteiger charge is 2.35. The van der Waals surface area contributed by atoms with Crippen molar-refractivity contribution in [2.75, 3.05) is 31.6 Å². The molecule has 0 amide bonds. The molecule has 3 rings (SSSR count). The molecule has 0 aromatic heterocycles. The number of benzene rings is 1. The van der Waals surface area contributed by atoms with E-state index in [1.807, 2.05) is 19.1 Å². The summed E-state index contributed by atoms with van der Waals surface area (Å²) in [5.41, 5.74) is 2.44.